The SMILES string of the molecule is Cn1cc(CNC(=O)[C@H]2[C@H]3CC[C@H](C3)[C@@H]2c2nc(-c3ccc(F)cc3)no2)cn1. The number of carbonyl (C=O) groups is 1. The van der Waals surface area contributed by atoms with E-state index >= 15 is 0 Å². The smallest absolute Gasteiger partial charge is 0.231 e. The van der Waals surface area contributed by atoms with Crippen LogP contribution in [0.2, 0.25) is 0 Å². The van der Waals surface area contributed by atoms with E-state index in [1.165, 1.54) is 12.1 Å². The van der Waals surface area contributed by atoms with Crippen LogP contribution in [-0.2, 0) is 18.4 Å². The van der Waals surface area contributed by atoms with Gasteiger partial charge in [-0.05, 0) is 55.4 Å². The van der Waals surface area contributed by atoms with Crippen molar-refractivity contribution in [1.29, 1.82) is 0 Å². The number of fused-ring (bicyclic) bond motifs is 2. The fourth-order valence-electron chi connectivity index (χ4n) is 4.98. The molecule has 29 heavy (non-hydrogen) atoms. The molecular formula is C21H22FN5O2. The van der Waals surface area contributed by atoms with Crippen LogP contribution in [0, 0.1) is 23.6 Å². The molecule has 2 fully saturated rings. The zero-order valence-corrected chi connectivity index (χ0v) is 16.1. The summed E-state index contributed by atoms with van der Waals surface area (Å²) < 4.78 is 20.5. The molecular weight excluding hydrogens is 373 g/mol. The van der Waals surface area contributed by atoms with E-state index in [0.29, 0.717) is 35.7 Å². The van der Waals surface area contributed by atoms with Gasteiger partial charge in [0, 0.05) is 30.9 Å². The lowest BCUT2D eigenvalue weighted by Gasteiger charge is -2.27. The largest absolute Gasteiger partial charge is 0.352 e. The van der Waals surface area contributed by atoms with Crippen molar-refractivity contribution < 1.29 is 13.7 Å². The van der Waals surface area contributed by atoms with Crippen LogP contribution in [0.1, 0.15) is 36.6 Å². The van der Waals surface area contributed by atoms with Gasteiger partial charge in [-0.3, -0.25) is 9.48 Å². The second-order valence-corrected chi connectivity index (χ2v) is 8.09. The van der Waals surface area contributed by atoms with Crippen LogP contribution >= 0.6 is 0 Å². The number of aryl methyl sites for hydroxylation is 1. The van der Waals surface area contributed by atoms with Crippen molar-refractivity contribution in [3.05, 3.63) is 53.9 Å². The van der Waals surface area contributed by atoms with Gasteiger partial charge in [0.1, 0.15) is 5.82 Å². The van der Waals surface area contributed by atoms with Gasteiger partial charge in [0.05, 0.1) is 18.0 Å². The zero-order chi connectivity index (χ0) is 20.0. The topological polar surface area (TPSA) is 85.8 Å². The third-order valence-corrected chi connectivity index (χ3v) is 6.27. The van der Waals surface area contributed by atoms with Crippen LogP contribution in [0.5, 0.6) is 0 Å². The average molecular weight is 395 g/mol. The van der Waals surface area contributed by atoms with E-state index in [4.69, 9.17) is 4.52 Å². The van der Waals surface area contributed by atoms with Crippen molar-refractivity contribution in [3.63, 3.8) is 0 Å². The summed E-state index contributed by atoms with van der Waals surface area (Å²) in [7, 11) is 1.85. The van der Waals surface area contributed by atoms with Gasteiger partial charge >= 0.3 is 0 Å². The summed E-state index contributed by atoms with van der Waals surface area (Å²) in [5.41, 5.74) is 1.67. The first kappa shape index (κ1) is 18.0. The van der Waals surface area contributed by atoms with Crippen molar-refractivity contribution >= 4 is 5.91 Å². The number of hydrogen-bond donors (Lipinski definition) is 1. The van der Waals surface area contributed by atoms with E-state index in [2.05, 4.69) is 20.6 Å². The quantitative estimate of drug-likeness (QED) is 0.718. The van der Waals surface area contributed by atoms with Crippen molar-refractivity contribution in [2.24, 2.45) is 24.8 Å². The fraction of sp³-hybridized carbons (Fsp3) is 0.429. The van der Waals surface area contributed by atoms with E-state index in [9.17, 15) is 9.18 Å². The summed E-state index contributed by atoms with van der Waals surface area (Å²) in [5.74, 6) is 1.17. The lowest BCUT2D eigenvalue weighted by Crippen LogP contribution is -2.37. The molecule has 7 nitrogen and oxygen atoms in total. The van der Waals surface area contributed by atoms with Crippen molar-refractivity contribution in [2.45, 2.75) is 31.7 Å². The number of benzene rings is 1. The Hall–Kier alpha value is -3.03. The number of hydrogen-bond acceptors (Lipinski definition) is 5. The number of carbonyl (C=O) groups excluding carboxylic acids is 1. The summed E-state index contributed by atoms with van der Waals surface area (Å²) >= 11 is 0. The molecule has 2 aliphatic rings. The molecule has 2 aromatic heterocycles. The van der Waals surface area contributed by atoms with Crippen LogP contribution in [0.3, 0.4) is 0 Å². The van der Waals surface area contributed by atoms with Crippen molar-refractivity contribution in [2.75, 3.05) is 0 Å². The van der Waals surface area contributed by atoms with Crippen LogP contribution in [0.4, 0.5) is 4.39 Å². The molecule has 2 heterocycles. The summed E-state index contributed by atoms with van der Waals surface area (Å²) in [6.45, 7) is 0.456. The minimum absolute atomic E-state index is 0.0348. The van der Waals surface area contributed by atoms with Gasteiger partial charge in [0.15, 0.2) is 0 Å². The molecule has 8 heteroatoms. The van der Waals surface area contributed by atoms with Crippen LogP contribution in [0.25, 0.3) is 11.4 Å². The third-order valence-electron chi connectivity index (χ3n) is 6.27. The van der Waals surface area contributed by atoms with E-state index in [-0.39, 0.29) is 23.6 Å². The molecule has 0 radical (unpaired) electrons. The van der Waals surface area contributed by atoms with Gasteiger partial charge in [-0.2, -0.15) is 10.1 Å². The van der Waals surface area contributed by atoms with Crippen LogP contribution in [0.15, 0.2) is 41.2 Å². The van der Waals surface area contributed by atoms with Gasteiger partial charge in [-0.15, -0.1) is 0 Å². The van der Waals surface area contributed by atoms with Crippen molar-refractivity contribution in [3.8, 4) is 11.4 Å². The molecule has 3 aromatic rings. The molecule has 2 aliphatic carbocycles. The molecule has 4 atom stereocenters. The lowest BCUT2D eigenvalue weighted by atomic mass is 9.78. The van der Waals surface area contributed by atoms with E-state index in [0.717, 1.165) is 24.8 Å². The molecule has 1 N–H and O–H groups in total. The molecule has 2 bridgehead atoms. The summed E-state index contributed by atoms with van der Waals surface area (Å²) in [6.07, 6.45) is 6.81. The standard InChI is InChI=1S/C21H22FN5O2/c1-27-11-12(10-24-27)9-23-20(28)17-14-2-3-15(8-14)18(17)21-25-19(26-29-21)13-4-6-16(22)7-5-13/h4-7,10-11,14-15,17-18H,2-3,8-9H2,1H3,(H,23,28)/t14-,15+,17-,18-/m0/s1. The lowest BCUT2D eigenvalue weighted by molar-refractivity contribution is -0.127. The Kier molecular flexibility index (Phi) is 4.41. The highest BCUT2D eigenvalue weighted by Crippen LogP contribution is 2.56. The third kappa shape index (κ3) is 3.32. The highest BCUT2D eigenvalue weighted by molar-refractivity contribution is 5.80. The van der Waals surface area contributed by atoms with E-state index in [1.54, 1.807) is 23.0 Å². The molecule has 0 unspecified atom stereocenters. The fourth-order valence-corrected chi connectivity index (χ4v) is 4.98. The van der Waals surface area contributed by atoms with E-state index < -0.39 is 0 Å². The van der Waals surface area contributed by atoms with Gasteiger partial charge in [0.2, 0.25) is 17.6 Å². The normalized spacial score (nSPS) is 25.4. The Bertz CT molecular complexity index is 1030. The van der Waals surface area contributed by atoms with Gasteiger partial charge in [-0.1, -0.05) is 5.16 Å². The monoisotopic (exact) mass is 395 g/mol. The Morgan fingerprint density at radius 1 is 1.28 bits per heavy atom. The molecule has 0 aliphatic heterocycles. The molecule has 5 rings (SSSR count). The number of nitrogens with zero attached hydrogens (tertiary/aromatic N) is 4. The first-order chi connectivity index (χ1) is 14.1. The summed E-state index contributed by atoms with van der Waals surface area (Å²) in [5, 5.41) is 11.3. The minimum Gasteiger partial charge on any atom is -0.352 e. The number of amides is 1. The van der Waals surface area contributed by atoms with Crippen molar-refractivity contribution in [1.82, 2.24) is 25.2 Å². The van der Waals surface area contributed by atoms with Crippen LogP contribution in [-0.4, -0.2) is 25.8 Å². The minimum atomic E-state index is -0.309. The van der Waals surface area contributed by atoms with Gasteiger partial charge in [0.25, 0.3) is 0 Å². The number of halogens is 1. The average Bonchev–Trinajstić information content (AvgIpc) is 3.50. The molecule has 0 saturated heterocycles. The second-order valence-electron chi connectivity index (χ2n) is 8.09. The number of rotatable bonds is 5. The van der Waals surface area contributed by atoms with Gasteiger partial charge < -0.3 is 9.84 Å². The number of nitrogens with one attached hydrogen (secondary N) is 1. The first-order valence-electron chi connectivity index (χ1n) is 9.93. The summed E-state index contributed by atoms with van der Waals surface area (Å²) in [6, 6.07) is 6.00. The highest BCUT2D eigenvalue weighted by Gasteiger charge is 2.53. The van der Waals surface area contributed by atoms with E-state index in [1.807, 2.05) is 13.2 Å². The second kappa shape index (κ2) is 7.09. The highest BCUT2D eigenvalue weighted by atomic mass is 19.1. The molecule has 1 aromatic carbocycles. The Balaban J connectivity index is 1.35. The maximum Gasteiger partial charge on any atom is 0.231 e. The molecule has 2 saturated carbocycles. The first-order valence-corrected chi connectivity index (χ1v) is 9.93. The Morgan fingerprint density at radius 3 is 2.83 bits per heavy atom. The van der Waals surface area contributed by atoms with Gasteiger partial charge in [-0.25, -0.2) is 4.39 Å². The molecule has 1 amide bonds. The summed E-state index contributed by atoms with van der Waals surface area (Å²) in [4.78, 5) is 17.6. The maximum absolute atomic E-state index is 13.2. The Labute approximate surface area is 167 Å². The molecule has 0 spiro atoms. The zero-order valence-electron chi connectivity index (χ0n) is 16.1. The predicted octanol–water partition coefficient (Wildman–Crippen LogP) is 3.06. The number of aromatic nitrogens is 4. The Morgan fingerprint density at radius 2 is 2.07 bits per heavy atom. The van der Waals surface area contributed by atoms with Crippen LogP contribution < -0.4 is 5.32 Å². The maximum atomic E-state index is 13.2. The molecule has 150 valence electrons. The predicted molar refractivity (Wildman–Crippen MR) is 102 cm³/mol.